The first-order valence-electron chi connectivity index (χ1n) is 4.67. The summed E-state index contributed by atoms with van der Waals surface area (Å²) in [7, 11) is 1.03. The summed E-state index contributed by atoms with van der Waals surface area (Å²) in [6.07, 6.45) is 0. The number of methoxy groups -OCH3 is 1. The number of carbonyl (C=O) groups excluding carboxylic acids is 1. The molecule has 0 fully saturated rings. The van der Waals surface area contributed by atoms with Gasteiger partial charge in [0.25, 0.3) is 5.69 Å². The van der Waals surface area contributed by atoms with Gasteiger partial charge >= 0.3 is 5.97 Å². The van der Waals surface area contributed by atoms with Crippen LogP contribution in [0.15, 0.2) is 12.1 Å². The number of benzene rings is 1. The van der Waals surface area contributed by atoms with E-state index in [1.54, 1.807) is 0 Å². The van der Waals surface area contributed by atoms with Gasteiger partial charge in [-0.05, 0) is 6.07 Å². The summed E-state index contributed by atoms with van der Waals surface area (Å²) in [6.45, 7) is -0.508. The van der Waals surface area contributed by atoms with E-state index in [0.717, 1.165) is 13.2 Å². The van der Waals surface area contributed by atoms with E-state index < -0.39 is 34.6 Å². The van der Waals surface area contributed by atoms with Crippen molar-refractivity contribution in [1.29, 1.82) is 0 Å². The van der Waals surface area contributed by atoms with E-state index in [1.165, 1.54) is 0 Å². The van der Waals surface area contributed by atoms with Crippen LogP contribution < -0.4 is 0 Å². The van der Waals surface area contributed by atoms with Crippen LogP contribution in [-0.2, 0) is 4.74 Å². The summed E-state index contributed by atoms with van der Waals surface area (Å²) in [6, 6.07) is 1.51. The van der Waals surface area contributed by atoms with Crippen molar-refractivity contribution in [3.8, 4) is 11.8 Å². The SMILES string of the molecule is COC(=O)c1cc(F)c(C#CCO)cc1[N+](=O)[O-]. The van der Waals surface area contributed by atoms with E-state index in [1.807, 2.05) is 0 Å². The topological polar surface area (TPSA) is 89.7 Å². The summed E-state index contributed by atoms with van der Waals surface area (Å²) in [5.41, 5.74) is -1.37. The number of nitro groups is 1. The Kier molecular flexibility index (Phi) is 4.34. The minimum atomic E-state index is -1.01. The molecule has 0 aliphatic carbocycles. The van der Waals surface area contributed by atoms with Gasteiger partial charge in [0.2, 0.25) is 0 Å². The van der Waals surface area contributed by atoms with Crippen LogP contribution in [0.2, 0.25) is 0 Å². The van der Waals surface area contributed by atoms with Crippen molar-refractivity contribution in [1.82, 2.24) is 0 Å². The molecule has 0 atom stereocenters. The maximum Gasteiger partial charge on any atom is 0.344 e. The van der Waals surface area contributed by atoms with Gasteiger partial charge in [-0.2, -0.15) is 0 Å². The Morgan fingerprint density at radius 2 is 2.28 bits per heavy atom. The third kappa shape index (κ3) is 2.81. The molecule has 0 amide bonds. The number of rotatable bonds is 2. The molecule has 0 saturated carbocycles. The molecule has 6 nitrogen and oxygen atoms in total. The molecule has 0 heterocycles. The summed E-state index contributed by atoms with van der Waals surface area (Å²) in [5.74, 6) is 2.46. The Morgan fingerprint density at radius 1 is 1.61 bits per heavy atom. The predicted octanol–water partition coefficient (Wildman–Crippen LogP) is 0.864. The lowest BCUT2D eigenvalue weighted by atomic mass is 10.1. The fraction of sp³-hybridized carbons (Fsp3) is 0.182. The summed E-state index contributed by atoms with van der Waals surface area (Å²) in [5, 5.41) is 19.2. The van der Waals surface area contributed by atoms with E-state index in [4.69, 9.17) is 5.11 Å². The molecular weight excluding hydrogens is 245 g/mol. The van der Waals surface area contributed by atoms with Gasteiger partial charge in [-0.1, -0.05) is 11.8 Å². The Bertz CT molecular complexity index is 559. The molecule has 0 spiro atoms. The highest BCUT2D eigenvalue weighted by Crippen LogP contribution is 2.23. The van der Waals surface area contributed by atoms with Crippen molar-refractivity contribution in [2.75, 3.05) is 13.7 Å². The van der Waals surface area contributed by atoms with Gasteiger partial charge < -0.3 is 9.84 Å². The Hall–Kier alpha value is -2.46. The molecule has 94 valence electrons. The lowest BCUT2D eigenvalue weighted by molar-refractivity contribution is -0.385. The van der Waals surface area contributed by atoms with Crippen LogP contribution >= 0.6 is 0 Å². The van der Waals surface area contributed by atoms with Gasteiger partial charge in [0.1, 0.15) is 18.0 Å². The number of esters is 1. The average molecular weight is 253 g/mol. The standard InChI is InChI=1S/C11H8FNO5/c1-18-11(15)8-6-9(12)7(3-2-4-14)5-10(8)13(16)17/h5-6,14H,4H2,1H3. The summed E-state index contributed by atoms with van der Waals surface area (Å²) < 4.78 is 17.8. The van der Waals surface area contributed by atoms with E-state index in [0.29, 0.717) is 6.07 Å². The second-order valence-electron chi connectivity index (χ2n) is 3.06. The van der Waals surface area contributed by atoms with Crippen LogP contribution in [0.5, 0.6) is 0 Å². The minimum Gasteiger partial charge on any atom is -0.465 e. The fourth-order valence-electron chi connectivity index (χ4n) is 1.22. The van der Waals surface area contributed by atoms with Crippen molar-refractivity contribution in [3.05, 3.63) is 39.2 Å². The van der Waals surface area contributed by atoms with Crippen LogP contribution in [0.4, 0.5) is 10.1 Å². The van der Waals surface area contributed by atoms with Crippen molar-refractivity contribution in [3.63, 3.8) is 0 Å². The second kappa shape index (κ2) is 5.75. The fourth-order valence-corrected chi connectivity index (χ4v) is 1.22. The number of aliphatic hydroxyl groups is 1. The largest absolute Gasteiger partial charge is 0.465 e. The molecule has 1 rings (SSSR count). The smallest absolute Gasteiger partial charge is 0.344 e. The second-order valence-corrected chi connectivity index (χ2v) is 3.06. The number of halogens is 1. The predicted molar refractivity (Wildman–Crippen MR) is 58.4 cm³/mol. The quantitative estimate of drug-likeness (QED) is 0.365. The van der Waals surface area contributed by atoms with E-state index >= 15 is 0 Å². The number of hydrogen-bond donors (Lipinski definition) is 1. The van der Waals surface area contributed by atoms with E-state index in [9.17, 15) is 19.3 Å². The molecule has 1 aromatic carbocycles. The van der Waals surface area contributed by atoms with Crippen molar-refractivity contribution in [2.45, 2.75) is 0 Å². The van der Waals surface area contributed by atoms with E-state index in [-0.39, 0.29) is 5.56 Å². The molecule has 7 heteroatoms. The van der Waals surface area contributed by atoms with Gasteiger partial charge in [-0.3, -0.25) is 10.1 Å². The monoisotopic (exact) mass is 253 g/mol. The molecule has 1 N–H and O–H groups in total. The number of carbonyl (C=O) groups is 1. The van der Waals surface area contributed by atoms with Crippen LogP contribution in [0.1, 0.15) is 15.9 Å². The molecule has 0 aliphatic heterocycles. The van der Waals surface area contributed by atoms with Gasteiger partial charge in [0.15, 0.2) is 0 Å². The highest BCUT2D eigenvalue weighted by atomic mass is 19.1. The number of aliphatic hydroxyl groups excluding tert-OH is 1. The lowest BCUT2D eigenvalue weighted by Crippen LogP contribution is -2.07. The molecule has 0 aliphatic rings. The van der Waals surface area contributed by atoms with E-state index in [2.05, 4.69) is 16.6 Å². The van der Waals surface area contributed by atoms with Crippen molar-refractivity contribution < 1.29 is 24.0 Å². The zero-order chi connectivity index (χ0) is 13.7. The Labute approximate surface area is 101 Å². The number of ether oxygens (including phenoxy) is 1. The molecule has 1 aromatic rings. The molecule has 0 radical (unpaired) electrons. The van der Waals surface area contributed by atoms with Crippen LogP contribution in [-0.4, -0.2) is 29.7 Å². The summed E-state index contributed by atoms with van der Waals surface area (Å²) >= 11 is 0. The number of nitro benzene ring substituents is 1. The normalized spacial score (nSPS) is 9.28. The maximum atomic E-state index is 13.5. The molecule has 0 saturated heterocycles. The molecule has 0 bridgehead atoms. The number of nitrogens with zero attached hydrogens (tertiary/aromatic N) is 1. The van der Waals surface area contributed by atoms with Crippen molar-refractivity contribution in [2.24, 2.45) is 0 Å². The molecule has 0 unspecified atom stereocenters. The Morgan fingerprint density at radius 3 is 2.78 bits per heavy atom. The molecule has 18 heavy (non-hydrogen) atoms. The van der Waals surface area contributed by atoms with Crippen LogP contribution in [0, 0.1) is 27.8 Å². The first-order valence-corrected chi connectivity index (χ1v) is 4.67. The zero-order valence-corrected chi connectivity index (χ0v) is 9.27. The molecule has 0 aromatic heterocycles. The first kappa shape index (κ1) is 13.6. The van der Waals surface area contributed by atoms with Gasteiger partial charge in [-0.15, -0.1) is 0 Å². The highest BCUT2D eigenvalue weighted by Gasteiger charge is 2.23. The van der Waals surface area contributed by atoms with Gasteiger partial charge in [0, 0.05) is 6.07 Å². The Balaban J connectivity index is 3.43. The average Bonchev–Trinajstić information content (AvgIpc) is 2.35. The van der Waals surface area contributed by atoms with Gasteiger partial charge in [-0.25, -0.2) is 9.18 Å². The third-order valence-electron chi connectivity index (χ3n) is 1.99. The molecular formula is C11H8FNO5. The maximum absolute atomic E-state index is 13.5. The number of hydrogen-bond acceptors (Lipinski definition) is 5. The van der Waals surface area contributed by atoms with Crippen LogP contribution in [0.25, 0.3) is 0 Å². The van der Waals surface area contributed by atoms with Crippen molar-refractivity contribution >= 4 is 11.7 Å². The minimum absolute atomic E-state index is 0.275. The van der Waals surface area contributed by atoms with Gasteiger partial charge in [0.05, 0.1) is 17.6 Å². The van der Waals surface area contributed by atoms with Crippen LogP contribution in [0.3, 0.4) is 0 Å². The first-order chi connectivity index (χ1) is 8.51. The highest BCUT2D eigenvalue weighted by molar-refractivity contribution is 5.94. The third-order valence-corrected chi connectivity index (χ3v) is 1.99. The lowest BCUT2D eigenvalue weighted by Gasteiger charge is -2.02. The zero-order valence-electron chi connectivity index (χ0n) is 9.27. The summed E-state index contributed by atoms with van der Waals surface area (Å²) in [4.78, 5) is 21.2.